The van der Waals surface area contributed by atoms with E-state index in [0.29, 0.717) is 24.9 Å². The first-order chi connectivity index (χ1) is 20.6. The number of halogens is 1. The molecular weight excluding hydrogens is 614 g/mol. The molecule has 0 aliphatic carbocycles. The summed E-state index contributed by atoms with van der Waals surface area (Å²) < 4.78 is 12.3. The molecule has 3 aliphatic heterocycles. The maximum Gasteiger partial charge on any atom is 0.312 e. The van der Waals surface area contributed by atoms with Crippen LogP contribution in [0.5, 0.6) is 0 Å². The second-order valence-electron chi connectivity index (χ2n) is 11.9. The van der Waals surface area contributed by atoms with Crippen LogP contribution in [0.25, 0.3) is 0 Å². The van der Waals surface area contributed by atoms with Crippen molar-refractivity contribution >= 4 is 45.1 Å². The Kier molecular flexibility index (Phi) is 10.8. The number of hydrogen-bond acceptors (Lipinski definition) is 7. The summed E-state index contributed by atoms with van der Waals surface area (Å²) in [4.78, 5) is 47.8. The maximum absolute atomic E-state index is 14.8. The van der Waals surface area contributed by atoms with E-state index < -0.39 is 41.6 Å². The molecule has 0 saturated carbocycles. The highest BCUT2D eigenvalue weighted by atomic mass is 79.9. The first-order valence-electron chi connectivity index (χ1n) is 15.4. The van der Waals surface area contributed by atoms with Crippen molar-refractivity contribution in [1.82, 2.24) is 4.90 Å². The number of anilines is 2. The molecule has 1 spiro atoms. The summed E-state index contributed by atoms with van der Waals surface area (Å²) in [6, 6.07) is 6.09. The van der Waals surface area contributed by atoms with E-state index >= 15 is 0 Å². The summed E-state index contributed by atoms with van der Waals surface area (Å²) in [5, 5.41) is 10.5. The van der Waals surface area contributed by atoms with Crippen molar-refractivity contribution in [3.8, 4) is 0 Å². The minimum atomic E-state index is -1.25. The van der Waals surface area contributed by atoms with E-state index in [9.17, 15) is 19.5 Å². The van der Waals surface area contributed by atoms with Gasteiger partial charge in [-0.05, 0) is 63.3 Å². The summed E-state index contributed by atoms with van der Waals surface area (Å²) in [6.45, 7) is 17.4. The third-order valence-corrected chi connectivity index (χ3v) is 10.1. The van der Waals surface area contributed by atoms with Crippen molar-refractivity contribution in [2.75, 3.05) is 42.6 Å². The predicted octanol–water partition coefficient (Wildman–Crippen LogP) is 4.33. The number of allylic oxidation sites excluding steroid dienone is 1. The molecule has 3 unspecified atom stereocenters. The van der Waals surface area contributed by atoms with E-state index in [-0.39, 0.29) is 42.3 Å². The lowest BCUT2D eigenvalue weighted by molar-refractivity contribution is -0.156. The van der Waals surface area contributed by atoms with Crippen LogP contribution in [0.3, 0.4) is 0 Å². The summed E-state index contributed by atoms with van der Waals surface area (Å²) >= 11 is 3.70. The van der Waals surface area contributed by atoms with E-state index in [0.717, 1.165) is 18.8 Å². The van der Waals surface area contributed by atoms with Gasteiger partial charge < -0.3 is 29.3 Å². The van der Waals surface area contributed by atoms with Crippen molar-refractivity contribution < 1.29 is 29.0 Å². The van der Waals surface area contributed by atoms with Gasteiger partial charge in [-0.25, -0.2) is 0 Å². The lowest BCUT2D eigenvalue weighted by atomic mass is 9.70. The molecule has 3 aliphatic rings. The number of carbonyl (C=O) groups is 3. The number of carbonyl (C=O) groups excluding carboxylic acids is 3. The van der Waals surface area contributed by atoms with E-state index in [1.807, 2.05) is 38.1 Å². The average molecular weight is 661 g/mol. The Morgan fingerprint density at radius 2 is 1.84 bits per heavy atom. The fourth-order valence-corrected chi connectivity index (χ4v) is 8.06. The highest BCUT2D eigenvalue weighted by molar-refractivity contribution is 9.09. The first kappa shape index (κ1) is 33.2. The van der Waals surface area contributed by atoms with Gasteiger partial charge in [-0.15, -0.1) is 13.2 Å². The Hall–Kier alpha value is -2.69. The molecule has 4 rings (SSSR count). The summed E-state index contributed by atoms with van der Waals surface area (Å²) in [5.74, 6) is -3.08. The monoisotopic (exact) mass is 659 g/mol. The van der Waals surface area contributed by atoms with Gasteiger partial charge in [-0.2, -0.15) is 0 Å². The topological polar surface area (TPSA) is 99.6 Å². The lowest BCUT2D eigenvalue weighted by Crippen LogP contribution is -2.60. The van der Waals surface area contributed by atoms with Crippen LogP contribution < -0.4 is 9.80 Å². The number of aliphatic hydroxyl groups excluding tert-OH is 1. The standard InChI is InChI=1S/C33H46BrN3O6/c1-7-11-12-18-42-32(41)26-27-30(39)37(25(20-38)21(5)6)29(33(27)19-24(34)28(26)43-33)31(40)36(17-8-2)23-15-13-22(14-16-23)35(9-3)10-4/h7-8,13-16,21,24-29,38H,1-2,9-12,17-20H2,3-6H3/t24?,25-,26+,27-,28+,29?,33?/m0/s1. The number of unbranched alkanes of at least 4 members (excludes halogenated alkanes) is 1. The molecule has 43 heavy (non-hydrogen) atoms. The summed E-state index contributed by atoms with van der Waals surface area (Å²) in [7, 11) is 0. The Balaban J connectivity index is 1.76. The van der Waals surface area contributed by atoms with Gasteiger partial charge in [0.1, 0.15) is 11.6 Å². The number of likely N-dealkylation sites (tertiary alicyclic amines) is 1. The van der Waals surface area contributed by atoms with Crippen LogP contribution in [0.1, 0.15) is 47.0 Å². The quantitative estimate of drug-likeness (QED) is 0.130. The number of aliphatic hydroxyl groups is 1. The zero-order valence-electron chi connectivity index (χ0n) is 25.8. The third kappa shape index (κ3) is 5.90. The van der Waals surface area contributed by atoms with E-state index in [1.54, 1.807) is 17.1 Å². The Bertz CT molecular complexity index is 1190. The first-order valence-corrected chi connectivity index (χ1v) is 16.3. The Labute approximate surface area is 264 Å². The number of esters is 1. The zero-order valence-corrected chi connectivity index (χ0v) is 27.4. The number of fused-ring (bicyclic) bond motifs is 1. The molecule has 3 heterocycles. The van der Waals surface area contributed by atoms with E-state index in [4.69, 9.17) is 9.47 Å². The third-order valence-electron chi connectivity index (χ3n) is 9.21. The summed E-state index contributed by atoms with van der Waals surface area (Å²) in [6.07, 6.45) is 4.52. The second-order valence-corrected chi connectivity index (χ2v) is 13.1. The minimum absolute atomic E-state index is 0.151. The molecule has 10 heteroatoms. The number of alkyl halides is 1. The van der Waals surface area contributed by atoms with Crippen molar-refractivity contribution in [2.24, 2.45) is 17.8 Å². The lowest BCUT2D eigenvalue weighted by Gasteiger charge is -2.40. The molecule has 7 atom stereocenters. The van der Waals surface area contributed by atoms with Gasteiger partial charge in [-0.3, -0.25) is 14.4 Å². The molecular formula is C33H46BrN3O6. The smallest absolute Gasteiger partial charge is 0.312 e. The van der Waals surface area contributed by atoms with Gasteiger partial charge in [0.25, 0.3) is 5.91 Å². The largest absolute Gasteiger partial charge is 0.465 e. The van der Waals surface area contributed by atoms with E-state index in [2.05, 4.69) is 47.8 Å². The minimum Gasteiger partial charge on any atom is -0.465 e. The highest BCUT2D eigenvalue weighted by Crippen LogP contribution is 2.61. The molecule has 236 valence electrons. The van der Waals surface area contributed by atoms with Gasteiger partial charge in [0, 0.05) is 35.8 Å². The van der Waals surface area contributed by atoms with Crippen LogP contribution in [0.2, 0.25) is 0 Å². The molecule has 1 N–H and O–H groups in total. The van der Waals surface area contributed by atoms with Crippen LogP contribution in [0, 0.1) is 17.8 Å². The summed E-state index contributed by atoms with van der Waals surface area (Å²) in [5.41, 5.74) is 0.463. The van der Waals surface area contributed by atoms with Gasteiger partial charge >= 0.3 is 5.97 Å². The number of ether oxygens (including phenoxy) is 2. The number of benzene rings is 1. The van der Waals surface area contributed by atoms with Gasteiger partial charge in [-0.1, -0.05) is 41.9 Å². The Morgan fingerprint density at radius 1 is 1.19 bits per heavy atom. The average Bonchev–Trinajstić information content (AvgIpc) is 3.58. The molecule has 3 saturated heterocycles. The highest BCUT2D eigenvalue weighted by Gasteiger charge is 2.77. The molecule has 9 nitrogen and oxygen atoms in total. The van der Waals surface area contributed by atoms with Crippen molar-refractivity contribution in [2.45, 2.75) is 75.6 Å². The van der Waals surface area contributed by atoms with Crippen molar-refractivity contribution in [3.05, 3.63) is 49.6 Å². The van der Waals surface area contributed by atoms with Crippen LogP contribution in [0.15, 0.2) is 49.6 Å². The van der Waals surface area contributed by atoms with Crippen molar-refractivity contribution in [3.63, 3.8) is 0 Å². The molecule has 0 radical (unpaired) electrons. The second kappa shape index (κ2) is 13.9. The molecule has 2 bridgehead atoms. The number of hydrogen-bond donors (Lipinski definition) is 1. The predicted molar refractivity (Wildman–Crippen MR) is 171 cm³/mol. The van der Waals surface area contributed by atoms with Crippen molar-refractivity contribution in [1.29, 1.82) is 0 Å². The molecule has 2 amide bonds. The fraction of sp³-hybridized carbons (Fsp3) is 0.606. The van der Waals surface area contributed by atoms with Crippen LogP contribution in [-0.2, 0) is 23.9 Å². The normalized spacial score (nSPS) is 28.1. The van der Waals surface area contributed by atoms with Crippen LogP contribution in [-0.4, -0.2) is 89.3 Å². The fourth-order valence-electron chi connectivity index (χ4n) is 7.12. The van der Waals surface area contributed by atoms with Crippen LogP contribution >= 0.6 is 15.9 Å². The van der Waals surface area contributed by atoms with Gasteiger partial charge in [0.05, 0.1) is 37.2 Å². The molecule has 1 aromatic rings. The van der Waals surface area contributed by atoms with Gasteiger partial charge in [0.2, 0.25) is 5.91 Å². The molecule has 0 aromatic heterocycles. The number of nitrogens with zero attached hydrogens (tertiary/aromatic N) is 3. The Morgan fingerprint density at radius 3 is 2.40 bits per heavy atom. The molecule has 3 fully saturated rings. The number of amides is 2. The number of rotatable bonds is 15. The zero-order chi connectivity index (χ0) is 31.5. The molecule has 1 aromatic carbocycles. The van der Waals surface area contributed by atoms with Crippen LogP contribution in [0.4, 0.5) is 11.4 Å². The van der Waals surface area contributed by atoms with E-state index in [1.165, 1.54) is 4.90 Å². The SMILES string of the molecule is C=CCCCOC(=O)[C@H]1[C@@H]2OC3(CC2Br)C(C(=O)N(CC=C)c2ccc(N(CC)CC)cc2)N([C@@H](CO)C(C)C)C(=O)[C@H]13. The maximum atomic E-state index is 14.8. The van der Waals surface area contributed by atoms with Gasteiger partial charge in [0.15, 0.2) is 0 Å².